The SMILES string of the molecule is N[C@@H](Cc1ccccc1)C(=O)Oc1scc2ccccc12. The van der Waals surface area contributed by atoms with Crippen molar-refractivity contribution in [1.29, 1.82) is 0 Å². The zero-order valence-electron chi connectivity index (χ0n) is 11.4. The molecular formula is C17H15NO2S. The maximum Gasteiger partial charge on any atom is 0.329 e. The predicted octanol–water partition coefficient (Wildman–Crippen LogP) is 3.38. The molecule has 1 atom stereocenters. The normalized spacial score (nSPS) is 12.2. The molecule has 0 radical (unpaired) electrons. The van der Waals surface area contributed by atoms with E-state index in [2.05, 4.69) is 0 Å². The van der Waals surface area contributed by atoms with E-state index in [1.165, 1.54) is 11.3 Å². The lowest BCUT2D eigenvalue weighted by molar-refractivity contribution is -0.135. The van der Waals surface area contributed by atoms with Gasteiger partial charge in [-0.3, -0.25) is 0 Å². The van der Waals surface area contributed by atoms with Crippen LogP contribution < -0.4 is 10.5 Å². The van der Waals surface area contributed by atoms with Crippen molar-refractivity contribution in [2.24, 2.45) is 5.73 Å². The second kappa shape index (κ2) is 6.08. The fraction of sp³-hybridized carbons (Fsp3) is 0.118. The number of rotatable bonds is 4. The topological polar surface area (TPSA) is 52.3 Å². The lowest BCUT2D eigenvalue weighted by Crippen LogP contribution is -2.36. The first-order chi connectivity index (χ1) is 10.2. The molecule has 0 aliphatic rings. The van der Waals surface area contributed by atoms with Gasteiger partial charge in [-0.1, -0.05) is 48.5 Å². The van der Waals surface area contributed by atoms with Crippen molar-refractivity contribution in [2.45, 2.75) is 12.5 Å². The van der Waals surface area contributed by atoms with Gasteiger partial charge in [0.1, 0.15) is 6.04 Å². The van der Waals surface area contributed by atoms with Crippen LogP contribution in [-0.2, 0) is 11.2 Å². The molecule has 2 N–H and O–H groups in total. The Bertz CT molecular complexity index is 752. The van der Waals surface area contributed by atoms with Gasteiger partial charge >= 0.3 is 5.97 Å². The lowest BCUT2D eigenvalue weighted by Gasteiger charge is -2.10. The van der Waals surface area contributed by atoms with Crippen molar-refractivity contribution in [3.8, 4) is 5.06 Å². The Hall–Kier alpha value is -2.17. The Morgan fingerprint density at radius 1 is 1.10 bits per heavy atom. The quantitative estimate of drug-likeness (QED) is 0.751. The third-order valence-electron chi connectivity index (χ3n) is 3.27. The third kappa shape index (κ3) is 3.12. The number of fused-ring (bicyclic) bond motifs is 1. The molecule has 0 fully saturated rings. The number of hydrogen-bond donors (Lipinski definition) is 1. The van der Waals surface area contributed by atoms with Gasteiger partial charge in [0.15, 0.2) is 5.06 Å². The largest absolute Gasteiger partial charge is 0.414 e. The van der Waals surface area contributed by atoms with Gasteiger partial charge in [-0.05, 0) is 23.4 Å². The van der Waals surface area contributed by atoms with E-state index in [1.54, 1.807) is 0 Å². The van der Waals surface area contributed by atoms with Crippen LogP contribution in [0.3, 0.4) is 0 Å². The molecule has 3 nitrogen and oxygen atoms in total. The summed E-state index contributed by atoms with van der Waals surface area (Å²) in [7, 11) is 0. The van der Waals surface area contributed by atoms with E-state index < -0.39 is 12.0 Å². The molecule has 0 bridgehead atoms. The highest BCUT2D eigenvalue weighted by atomic mass is 32.1. The molecule has 1 aromatic heterocycles. The Morgan fingerprint density at radius 2 is 1.81 bits per heavy atom. The second-order valence-electron chi connectivity index (χ2n) is 4.83. The number of benzene rings is 2. The van der Waals surface area contributed by atoms with Gasteiger partial charge in [0, 0.05) is 10.8 Å². The summed E-state index contributed by atoms with van der Waals surface area (Å²) >= 11 is 1.42. The van der Waals surface area contributed by atoms with Crippen LogP contribution in [0.4, 0.5) is 0 Å². The van der Waals surface area contributed by atoms with Crippen molar-refractivity contribution in [2.75, 3.05) is 0 Å². The molecule has 3 aromatic rings. The van der Waals surface area contributed by atoms with Crippen LogP contribution in [0.2, 0.25) is 0 Å². The first-order valence-corrected chi connectivity index (χ1v) is 7.59. The van der Waals surface area contributed by atoms with Crippen LogP contribution in [0.15, 0.2) is 60.0 Å². The second-order valence-corrected chi connectivity index (χ2v) is 5.67. The first-order valence-electron chi connectivity index (χ1n) is 6.71. The van der Waals surface area contributed by atoms with Crippen molar-refractivity contribution in [1.82, 2.24) is 0 Å². The lowest BCUT2D eigenvalue weighted by atomic mass is 10.1. The molecule has 21 heavy (non-hydrogen) atoms. The average molecular weight is 297 g/mol. The summed E-state index contributed by atoms with van der Waals surface area (Å²) in [5.41, 5.74) is 6.97. The van der Waals surface area contributed by atoms with E-state index in [0.29, 0.717) is 11.5 Å². The molecule has 0 aliphatic carbocycles. The summed E-state index contributed by atoms with van der Waals surface area (Å²) in [5.74, 6) is -0.397. The third-order valence-corrected chi connectivity index (χ3v) is 4.16. The van der Waals surface area contributed by atoms with Gasteiger partial charge < -0.3 is 10.5 Å². The summed E-state index contributed by atoms with van der Waals surface area (Å²) in [5, 5.41) is 4.60. The van der Waals surface area contributed by atoms with Crippen molar-refractivity contribution in [3.05, 3.63) is 65.5 Å². The Labute approximate surface area is 127 Å². The number of nitrogens with two attached hydrogens (primary N) is 1. The van der Waals surface area contributed by atoms with Crippen molar-refractivity contribution >= 4 is 28.1 Å². The van der Waals surface area contributed by atoms with E-state index in [-0.39, 0.29) is 0 Å². The van der Waals surface area contributed by atoms with Gasteiger partial charge in [0.2, 0.25) is 0 Å². The maximum atomic E-state index is 12.1. The van der Waals surface area contributed by atoms with Gasteiger partial charge in [-0.15, -0.1) is 11.3 Å². The van der Waals surface area contributed by atoms with E-state index >= 15 is 0 Å². The number of carbonyl (C=O) groups excluding carboxylic acids is 1. The average Bonchev–Trinajstić information content (AvgIpc) is 2.91. The number of esters is 1. The maximum absolute atomic E-state index is 12.1. The fourth-order valence-electron chi connectivity index (χ4n) is 2.16. The van der Waals surface area contributed by atoms with Crippen LogP contribution in [0, 0.1) is 0 Å². The highest BCUT2D eigenvalue weighted by Crippen LogP contribution is 2.33. The summed E-state index contributed by atoms with van der Waals surface area (Å²) in [4.78, 5) is 12.1. The Balaban J connectivity index is 1.71. The van der Waals surface area contributed by atoms with Gasteiger partial charge in [-0.2, -0.15) is 0 Å². The molecule has 0 saturated heterocycles. The molecule has 0 unspecified atom stereocenters. The van der Waals surface area contributed by atoms with Crippen LogP contribution in [-0.4, -0.2) is 12.0 Å². The molecule has 0 saturated carbocycles. The first kappa shape index (κ1) is 13.8. The number of thiophene rings is 1. The van der Waals surface area contributed by atoms with E-state index in [1.807, 2.05) is 60.0 Å². The molecule has 0 spiro atoms. The summed E-state index contributed by atoms with van der Waals surface area (Å²) in [6.45, 7) is 0. The van der Waals surface area contributed by atoms with Crippen LogP contribution >= 0.6 is 11.3 Å². The van der Waals surface area contributed by atoms with E-state index in [9.17, 15) is 4.79 Å². The minimum Gasteiger partial charge on any atom is -0.414 e. The minimum atomic E-state index is -0.659. The van der Waals surface area contributed by atoms with Crippen LogP contribution in [0.5, 0.6) is 5.06 Å². The number of hydrogen-bond acceptors (Lipinski definition) is 4. The zero-order valence-corrected chi connectivity index (χ0v) is 12.2. The zero-order chi connectivity index (χ0) is 14.7. The Morgan fingerprint density at radius 3 is 2.62 bits per heavy atom. The van der Waals surface area contributed by atoms with Gasteiger partial charge in [-0.25, -0.2) is 4.79 Å². The summed E-state index contributed by atoms with van der Waals surface area (Å²) in [6, 6.07) is 16.9. The standard InChI is InChI=1S/C17H15NO2S/c18-15(10-12-6-2-1-3-7-12)16(19)20-17-14-9-5-4-8-13(14)11-21-17/h1-9,11,15H,10,18H2/t15-/m0/s1. The van der Waals surface area contributed by atoms with Crippen molar-refractivity contribution < 1.29 is 9.53 Å². The molecule has 2 aromatic carbocycles. The summed E-state index contributed by atoms with van der Waals surface area (Å²) in [6.07, 6.45) is 0.475. The monoisotopic (exact) mass is 297 g/mol. The Kier molecular flexibility index (Phi) is 3.99. The van der Waals surface area contributed by atoms with Crippen LogP contribution in [0.1, 0.15) is 5.56 Å². The molecular weight excluding hydrogens is 282 g/mol. The molecule has 0 amide bonds. The highest BCUT2D eigenvalue weighted by molar-refractivity contribution is 7.13. The summed E-state index contributed by atoms with van der Waals surface area (Å²) < 4.78 is 5.46. The number of carbonyl (C=O) groups is 1. The molecule has 3 rings (SSSR count). The van der Waals surface area contributed by atoms with E-state index in [4.69, 9.17) is 10.5 Å². The van der Waals surface area contributed by atoms with Gasteiger partial charge in [0.25, 0.3) is 0 Å². The van der Waals surface area contributed by atoms with Crippen molar-refractivity contribution in [3.63, 3.8) is 0 Å². The predicted molar refractivity (Wildman–Crippen MR) is 85.6 cm³/mol. The van der Waals surface area contributed by atoms with Crippen LogP contribution in [0.25, 0.3) is 10.8 Å². The molecule has 4 heteroatoms. The molecule has 1 heterocycles. The van der Waals surface area contributed by atoms with Gasteiger partial charge in [0.05, 0.1) is 0 Å². The highest BCUT2D eigenvalue weighted by Gasteiger charge is 2.18. The minimum absolute atomic E-state index is 0.397. The number of ether oxygens (including phenoxy) is 1. The molecule has 106 valence electrons. The fourth-order valence-corrected chi connectivity index (χ4v) is 3.05. The van der Waals surface area contributed by atoms with E-state index in [0.717, 1.165) is 16.3 Å². The smallest absolute Gasteiger partial charge is 0.329 e. The molecule has 0 aliphatic heterocycles.